The number of nitriles is 1. The maximum atomic E-state index is 13.9. The first kappa shape index (κ1) is 57.2. The molecule has 1 saturated heterocycles. The molecule has 5 aromatic rings. The van der Waals surface area contributed by atoms with Crippen molar-refractivity contribution in [1.29, 1.82) is 5.26 Å². The van der Waals surface area contributed by atoms with Crippen molar-refractivity contribution in [3.05, 3.63) is 161 Å². The van der Waals surface area contributed by atoms with Gasteiger partial charge < -0.3 is 57.0 Å². The van der Waals surface area contributed by atoms with E-state index in [0.717, 1.165) is 22.3 Å². The minimum absolute atomic E-state index is 0.0246. The van der Waals surface area contributed by atoms with Crippen LogP contribution in [-0.2, 0) is 49.6 Å². The molecule has 0 aliphatic carbocycles. The summed E-state index contributed by atoms with van der Waals surface area (Å²) in [4.78, 5) is 27.3. The highest BCUT2D eigenvalue weighted by molar-refractivity contribution is 7.44. The van der Waals surface area contributed by atoms with Crippen molar-refractivity contribution in [3.63, 3.8) is 0 Å². The van der Waals surface area contributed by atoms with E-state index in [1.54, 1.807) is 45.6 Å². The molecule has 0 bridgehead atoms. The van der Waals surface area contributed by atoms with Crippen molar-refractivity contribution >= 4 is 20.6 Å². The number of hydrogen-bond donors (Lipinski definition) is 1. The van der Waals surface area contributed by atoms with Gasteiger partial charge in [-0.1, -0.05) is 91.9 Å². The van der Waals surface area contributed by atoms with Gasteiger partial charge in [-0.2, -0.15) is 5.26 Å². The second kappa shape index (κ2) is 29.1. The molecule has 1 heterocycles. The van der Waals surface area contributed by atoms with Crippen LogP contribution in [0.4, 0.5) is 4.79 Å². The number of nitrogens with one attached hydrogen (secondary N) is 1. The molecule has 1 aliphatic heterocycles. The molecule has 16 nitrogen and oxygen atoms in total. The molecule has 5 aromatic carbocycles. The summed E-state index contributed by atoms with van der Waals surface area (Å²) in [7, 11) is 3.26. The molecular weight excluding hydrogens is 966 g/mol. The van der Waals surface area contributed by atoms with Crippen LogP contribution in [0, 0.1) is 17.2 Å². The topological polar surface area (TPSA) is 175 Å². The first-order valence-electron chi connectivity index (χ1n) is 24.8. The van der Waals surface area contributed by atoms with Gasteiger partial charge in [0.15, 0.2) is 12.4 Å². The Kier molecular flexibility index (Phi) is 22.5. The van der Waals surface area contributed by atoms with Gasteiger partial charge >= 0.3 is 12.1 Å². The second-order valence-corrected chi connectivity index (χ2v) is 19.3. The van der Waals surface area contributed by atoms with Crippen molar-refractivity contribution in [1.82, 2.24) is 9.99 Å². The van der Waals surface area contributed by atoms with E-state index < -0.39 is 56.7 Å². The van der Waals surface area contributed by atoms with Gasteiger partial charge in [-0.05, 0) is 98.5 Å². The molecule has 6 unspecified atom stereocenters. The normalized spacial score (nSPS) is 18.1. The number of hydrogen-bond acceptors (Lipinski definition) is 15. The first-order chi connectivity index (χ1) is 35.9. The highest BCUT2D eigenvalue weighted by Gasteiger charge is 2.48. The molecule has 1 aliphatic rings. The number of alkyl carbamates (subject to hydrolysis) is 1. The molecule has 0 aromatic heterocycles. The molecule has 0 saturated carbocycles. The van der Waals surface area contributed by atoms with E-state index in [-0.39, 0.29) is 64.7 Å². The molecule has 1 fully saturated rings. The summed E-state index contributed by atoms with van der Waals surface area (Å²) >= 11 is 0. The summed E-state index contributed by atoms with van der Waals surface area (Å²) in [6.45, 7) is 10.5. The third-order valence-electron chi connectivity index (χ3n) is 12.3. The minimum atomic E-state index is -1.56. The Labute approximate surface area is 437 Å². The fourth-order valence-corrected chi connectivity index (χ4v) is 10.3. The summed E-state index contributed by atoms with van der Waals surface area (Å²) < 4.78 is 70.2. The van der Waals surface area contributed by atoms with Gasteiger partial charge in [0.05, 0.1) is 78.5 Å². The maximum Gasteiger partial charge on any atom is 0.407 e. The highest BCUT2D eigenvalue weighted by Crippen LogP contribution is 2.46. The Balaban J connectivity index is 1.27. The Morgan fingerprint density at radius 3 is 1.86 bits per heavy atom. The highest BCUT2D eigenvalue weighted by atomic mass is 31.2. The van der Waals surface area contributed by atoms with Crippen molar-refractivity contribution in [3.8, 4) is 23.3 Å². The predicted molar refractivity (Wildman–Crippen MR) is 280 cm³/mol. The maximum absolute atomic E-state index is 13.9. The predicted octanol–water partition coefficient (Wildman–Crippen LogP) is 10.2. The number of ether oxygens (including phenoxy) is 9. The fraction of sp³-hybridized carbons (Fsp3) is 0.421. The van der Waals surface area contributed by atoms with E-state index in [1.807, 2.05) is 116 Å². The lowest BCUT2D eigenvalue weighted by Gasteiger charge is -2.44. The van der Waals surface area contributed by atoms with Gasteiger partial charge in [0.25, 0.3) is 8.53 Å². The van der Waals surface area contributed by atoms with Crippen LogP contribution in [0.1, 0.15) is 73.7 Å². The van der Waals surface area contributed by atoms with Crippen molar-refractivity contribution < 1.29 is 61.3 Å². The lowest BCUT2D eigenvalue weighted by atomic mass is 9.80. The van der Waals surface area contributed by atoms with Gasteiger partial charge in [0, 0.05) is 24.5 Å². The number of carbonyl (C=O) groups excluding carboxylic acids is 2. The molecule has 0 radical (unpaired) electrons. The molecule has 6 atom stereocenters. The van der Waals surface area contributed by atoms with Crippen LogP contribution in [-0.4, -0.2) is 114 Å². The Hall–Kier alpha value is -6.12. The van der Waals surface area contributed by atoms with Crippen molar-refractivity contribution in [2.45, 2.75) is 89.9 Å². The monoisotopic (exact) mass is 1040 g/mol. The summed E-state index contributed by atoms with van der Waals surface area (Å²) in [5.41, 5.74) is 2.54. The SMILES string of the molecule is COc1ccc(C(OCCOC2OC(COC(=O)NCc3cccc(OC)c3)C(OCCOP(OCCC#N)N(C(C)C)C(C)C)C(C)C2OC(=O)c2ccccc2)(c2ccccc2)c2ccc(OC)cc2)cc1. The van der Waals surface area contributed by atoms with E-state index in [9.17, 15) is 14.9 Å². The van der Waals surface area contributed by atoms with Crippen LogP contribution < -0.4 is 19.5 Å². The van der Waals surface area contributed by atoms with Gasteiger partial charge in [-0.15, -0.1) is 0 Å². The number of esters is 1. The quantitative estimate of drug-likeness (QED) is 0.0217. The molecular formula is C57H70N3O13P. The van der Waals surface area contributed by atoms with Gasteiger partial charge in [0.1, 0.15) is 35.6 Å². The average Bonchev–Trinajstić information content (AvgIpc) is 3.42. The third kappa shape index (κ3) is 15.5. The smallest absolute Gasteiger partial charge is 0.407 e. The summed E-state index contributed by atoms with van der Waals surface area (Å²) in [5.74, 6) is 0.848. The summed E-state index contributed by atoms with van der Waals surface area (Å²) in [5, 5.41) is 12.0. The van der Waals surface area contributed by atoms with Crippen LogP contribution in [0.2, 0.25) is 0 Å². The number of nitrogens with zero attached hydrogens (tertiary/aromatic N) is 2. The van der Waals surface area contributed by atoms with Crippen LogP contribution >= 0.6 is 8.53 Å². The molecule has 0 spiro atoms. The molecule has 396 valence electrons. The molecule has 1 N–H and O–H groups in total. The van der Waals surface area contributed by atoms with E-state index in [2.05, 4.69) is 43.8 Å². The molecule has 6 rings (SSSR count). The van der Waals surface area contributed by atoms with Gasteiger partial charge in [-0.3, -0.25) is 0 Å². The number of methoxy groups -OCH3 is 3. The molecule has 74 heavy (non-hydrogen) atoms. The third-order valence-corrected chi connectivity index (χ3v) is 14.4. The fourth-order valence-electron chi connectivity index (χ4n) is 8.77. The van der Waals surface area contributed by atoms with Crippen LogP contribution in [0.15, 0.2) is 133 Å². The lowest BCUT2D eigenvalue weighted by Crippen LogP contribution is -2.58. The summed E-state index contributed by atoms with van der Waals surface area (Å²) in [6.07, 6.45) is -4.38. The zero-order valence-corrected chi connectivity index (χ0v) is 44.4. The van der Waals surface area contributed by atoms with E-state index in [0.29, 0.717) is 22.8 Å². The largest absolute Gasteiger partial charge is 0.497 e. The van der Waals surface area contributed by atoms with Crippen molar-refractivity contribution in [2.24, 2.45) is 5.92 Å². The van der Waals surface area contributed by atoms with Gasteiger partial charge in [0.2, 0.25) is 0 Å². The van der Waals surface area contributed by atoms with Crippen molar-refractivity contribution in [2.75, 3.05) is 61.0 Å². The lowest BCUT2D eigenvalue weighted by molar-refractivity contribution is -0.295. The zero-order chi connectivity index (χ0) is 52.9. The zero-order valence-electron chi connectivity index (χ0n) is 43.5. The van der Waals surface area contributed by atoms with Crippen LogP contribution in [0.3, 0.4) is 0 Å². The van der Waals surface area contributed by atoms with E-state index in [1.165, 1.54) is 0 Å². The second-order valence-electron chi connectivity index (χ2n) is 17.9. The molecule has 1 amide bonds. The van der Waals surface area contributed by atoms with E-state index in [4.69, 9.17) is 51.7 Å². The standard InChI is InChI=1S/C57H70N3O13P/c1-40(2)60(41(3)4)74(70-32-16-31-58)71-36-34-66-52-42(5)53(73-54(61)44-18-11-9-12-19-44)55(72-51(52)39-68-56(62)59-38-43-17-15-22-50(37-43)65-8)67-33-35-69-57(45-20-13-10-14-21-45,46-23-27-48(63-6)28-24-46)47-25-29-49(64-7)30-26-47/h9-15,17-30,37,40-42,51-53,55H,16,32-36,38-39H2,1-8H3,(H,59,62). The minimum Gasteiger partial charge on any atom is -0.497 e. The number of rotatable bonds is 28. The van der Waals surface area contributed by atoms with Crippen LogP contribution in [0.25, 0.3) is 0 Å². The Bertz CT molecular complexity index is 2440. The van der Waals surface area contributed by atoms with Crippen LogP contribution in [0.5, 0.6) is 17.2 Å². The first-order valence-corrected chi connectivity index (χ1v) is 25.9. The van der Waals surface area contributed by atoms with E-state index >= 15 is 0 Å². The number of carbonyl (C=O) groups is 2. The average molecular weight is 1040 g/mol. The Morgan fingerprint density at radius 2 is 1.27 bits per heavy atom. The number of amides is 1. The van der Waals surface area contributed by atoms with Gasteiger partial charge in [-0.25, -0.2) is 14.3 Å². The Morgan fingerprint density at radius 1 is 0.689 bits per heavy atom. The number of benzene rings is 5. The summed E-state index contributed by atoms with van der Waals surface area (Å²) in [6, 6.07) is 43.6. The molecule has 17 heteroatoms.